The molecule has 0 saturated heterocycles. The van der Waals surface area contributed by atoms with Crippen LogP contribution in [0.4, 0.5) is 11.6 Å². The number of rotatable bonds is 4. The Morgan fingerprint density at radius 2 is 2.23 bits per heavy atom. The molecule has 0 spiro atoms. The first kappa shape index (κ1) is 9.69. The summed E-state index contributed by atoms with van der Waals surface area (Å²) in [5, 5.41) is 27.6. The van der Waals surface area contributed by atoms with Crippen molar-refractivity contribution in [3.05, 3.63) is 12.1 Å². The highest BCUT2D eigenvalue weighted by molar-refractivity contribution is 5.38. The molecule has 0 aliphatic carbocycles. The van der Waals surface area contributed by atoms with E-state index in [9.17, 15) is 0 Å². The number of nitrogen functional groups attached to an aromatic ring is 1. The van der Waals surface area contributed by atoms with Crippen LogP contribution in [-0.4, -0.2) is 39.7 Å². The van der Waals surface area contributed by atoms with Crippen LogP contribution in [-0.2, 0) is 0 Å². The summed E-state index contributed by atoms with van der Waals surface area (Å²) < 4.78 is 0. The van der Waals surface area contributed by atoms with Gasteiger partial charge in [0.05, 0.1) is 12.7 Å². The molecule has 13 heavy (non-hydrogen) atoms. The number of aliphatic hydroxyl groups excluding tert-OH is 2. The maximum absolute atomic E-state index is 8.99. The normalized spacial score (nSPS) is 12.5. The van der Waals surface area contributed by atoms with Gasteiger partial charge in [-0.3, -0.25) is 0 Å². The molecule has 6 nitrogen and oxygen atoms in total. The lowest BCUT2D eigenvalue weighted by molar-refractivity contribution is 0.105. The molecule has 1 unspecified atom stereocenters. The van der Waals surface area contributed by atoms with Gasteiger partial charge in [0.2, 0.25) is 0 Å². The lowest BCUT2D eigenvalue weighted by Crippen LogP contribution is -2.23. The van der Waals surface area contributed by atoms with Crippen LogP contribution in [0.1, 0.15) is 0 Å². The Morgan fingerprint density at radius 3 is 2.77 bits per heavy atom. The molecule has 72 valence electrons. The van der Waals surface area contributed by atoms with Crippen molar-refractivity contribution in [2.45, 2.75) is 6.10 Å². The molecule has 5 N–H and O–H groups in total. The molecule has 1 heterocycles. The first-order valence-electron chi connectivity index (χ1n) is 3.84. The lowest BCUT2D eigenvalue weighted by Gasteiger charge is -2.08. The van der Waals surface area contributed by atoms with Gasteiger partial charge in [0.1, 0.15) is 11.6 Å². The van der Waals surface area contributed by atoms with E-state index in [2.05, 4.69) is 15.5 Å². The second-order valence-electron chi connectivity index (χ2n) is 2.56. The van der Waals surface area contributed by atoms with Crippen molar-refractivity contribution in [1.29, 1.82) is 0 Å². The molecule has 0 aliphatic rings. The van der Waals surface area contributed by atoms with E-state index in [0.717, 1.165) is 0 Å². The van der Waals surface area contributed by atoms with Crippen molar-refractivity contribution in [3.8, 4) is 0 Å². The lowest BCUT2D eigenvalue weighted by atomic mass is 10.4. The molecule has 1 rings (SSSR count). The van der Waals surface area contributed by atoms with E-state index in [4.69, 9.17) is 15.9 Å². The predicted molar refractivity (Wildman–Crippen MR) is 48.0 cm³/mol. The van der Waals surface area contributed by atoms with Gasteiger partial charge < -0.3 is 21.3 Å². The maximum Gasteiger partial charge on any atom is 0.148 e. The van der Waals surface area contributed by atoms with Crippen LogP contribution in [0, 0.1) is 0 Å². The fourth-order valence-electron chi connectivity index (χ4n) is 0.724. The number of hydrogen-bond donors (Lipinski definition) is 4. The zero-order valence-electron chi connectivity index (χ0n) is 7.01. The highest BCUT2D eigenvalue weighted by atomic mass is 16.3. The van der Waals surface area contributed by atoms with Crippen LogP contribution < -0.4 is 11.1 Å². The largest absolute Gasteiger partial charge is 0.394 e. The van der Waals surface area contributed by atoms with Gasteiger partial charge in [0, 0.05) is 6.54 Å². The quantitative estimate of drug-likeness (QED) is 0.469. The van der Waals surface area contributed by atoms with Gasteiger partial charge in [0.25, 0.3) is 0 Å². The van der Waals surface area contributed by atoms with E-state index in [1.54, 1.807) is 12.1 Å². The number of anilines is 2. The number of nitrogens with zero attached hydrogens (tertiary/aromatic N) is 2. The zero-order valence-corrected chi connectivity index (χ0v) is 7.01. The molecule has 1 aromatic rings. The molecule has 0 aliphatic heterocycles. The van der Waals surface area contributed by atoms with Crippen molar-refractivity contribution in [2.75, 3.05) is 24.2 Å². The maximum atomic E-state index is 8.99. The molecule has 0 saturated carbocycles. The minimum Gasteiger partial charge on any atom is -0.394 e. The molecule has 0 aromatic carbocycles. The number of aromatic nitrogens is 2. The summed E-state index contributed by atoms with van der Waals surface area (Å²) in [4.78, 5) is 0. The van der Waals surface area contributed by atoms with Gasteiger partial charge in [-0.05, 0) is 12.1 Å². The fourth-order valence-corrected chi connectivity index (χ4v) is 0.724. The standard InChI is InChI=1S/C7H12N4O2/c8-6-1-2-7(11-10-6)9-3-5(13)4-12/h1-2,5,12-13H,3-4H2,(H2,8,10)(H,9,11). The van der Waals surface area contributed by atoms with Crippen LogP contribution in [0.15, 0.2) is 12.1 Å². The SMILES string of the molecule is Nc1ccc(NCC(O)CO)nn1. The number of hydrogen-bond acceptors (Lipinski definition) is 6. The van der Waals surface area contributed by atoms with Crippen molar-refractivity contribution in [1.82, 2.24) is 10.2 Å². The molecule has 0 amide bonds. The van der Waals surface area contributed by atoms with Gasteiger partial charge in [0.15, 0.2) is 0 Å². The topological polar surface area (TPSA) is 104 Å². The highest BCUT2D eigenvalue weighted by Crippen LogP contribution is 2.01. The van der Waals surface area contributed by atoms with Crippen LogP contribution >= 0.6 is 0 Å². The Hall–Kier alpha value is -1.40. The number of aliphatic hydroxyl groups is 2. The minimum atomic E-state index is -0.792. The summed E-state index contributed by atoms with van der Waals surface area (Å²) in [5.74, 6) is 0.856. The second-order valence-corrected chi connectivity index (χ2v) is 2.56. The first-order valence-corrected chi connectivity index (χ1v) is 3.84. The second kappa shape index (κ2) is 4.58. The average molecular weight is 184 g/mol. The summed E-state index contributed by atoms with van der Waals surface area (Å²) in [6, 6.07) is 3.24. The molecular weight excluding hydrogens is 172 g/mol. The number of nitrogens with one attached hydrogen (secondary N) is 1. The third-order valence-corrected chi connectivity index (χ3v) is 1.41. The Bertz CT molecular complexity index is 251. The van der Waals surface area contributed by atoms with Gasteiger partial charge in [-0.15, -0.1) is 10.2 Å². The third-order valence-electron chi connectivity index (χ3n) is 1.41. The van der Waals surface area contributed by atoms with Gasteiger partial charge >= 0.3 is 0 Å². The molecule has 0 bridgehead atoms. The Kier molecular flexibility index (Phi) is 3.41. The molecule has 6 heteroatoms. The Labute approximate surface area is 75.4 Å². The summed E-state index contributed by atoms with van der Waals surface area (Å²) in [7, 11) is 0. The average Bonchev–Trinajstić information content (AvgIpc) is 2.16. The van der Waals surface area contributed by atoms with Crippen LogP contribution in [0.25, 0.3) is 0 Å². The van der Waals surface area contributed by atoms with E-state index in [-0.39, 0.29) is 13.2 Å². The fraction of sp³-hybridized carbons (Fsp3) is 0.429. The monoisotopic (exact) mass is 184 g/mol. The Balaban J connectivity index is 2.41. The number of nitrogens with two attached hydrogens (primary N) is 1. The molecule has 0 radical (unpaired) electrons. The summed E-state index contributed by atoms with van der Waals surface area (Å²) in [5.41, 5.74) is 5.32. The third kappa shape index (κ3) is 3.22. The predicted octanol–water partition coefficient (Wildman–Crippen LogP) is -1.18. The molecule has 1 atom stereocenters. The highest BCUT2D eigenvalue weighted by Gasteiger charge is 2.01. The van der Waals surface area contributed by atoms with E-state index >= 15 is 0 Å². The van der Waals surface area contributed by atoms with Crippen LogP contribution in [0.2, 0.25) is 0 Å². The van der Waals surface area contributed by atoms with E-state index in [1.807, 2.05) is 0 Å². The van der Waals surface area contributed by atoms with Gasteiger partial charge in [-0.2, -0.15) is 0 Å². The first-order chi connectivity index (χ1) is 6.22. The van der Waals surface area contributed by atoms with Crippen LogP contribution in [0.3, 0.4) is 0 Å². The van der Waals surface area contributed by atoms with Crippen molar-refractivity contribution in [3.63, 3.8) is 0 Å². The minimum absolute atomic E-state index is 0.231. The van der Waals surface area contributed by atoms with Gasteiger partial charge in [-0.1, -0.05) is 0 Å². The van der Waals surface area contributed by atoms with Crippen molar-refractivity contribution >= 4 is 11.6 Å². The smallest absolute Gasteiger partial charge is 0.148 e. The van der Waals surface area contributed by atoms with E-state index in [1.165, 1.54) is 0 Å². The molecular formula is C7H12N4O2. The summed E-state index contributed by atoms with van der Waals surface area (Å²) in [6.07, 6.45) is -0.792. The molecule has 0 fully saturated rings. The molecule has 1 aromatic heterocycles. The summed E-state index contributed by atoms with van der Waals surface area (Å²) in [6.45, 7) is -0.0511. The van der Waals surface area contributed by atoms with E-state index < -0.39 is 6.10 Å². The van der Waals surface area contributed by atoms with Gasteiger partial charge in [-0.25, -0.2) is 0 Å². The van der Waals surface area contributed by atoms with E-state index in [0.29, 0.717) is 11.6 Å². The Morgan fingerprint density at radius 1 is 1.46 bits per heavy atom. The summed E-state index contributed by atoms with van der Waals surface area (Å²) >= 11 is 0. The van der Waals surface area contributed by atoms with Crippen LogP contribution in [0.5, 0.6) is 0 Å². The van der Waals surface area contributed by atoms with Crippen molar-refractivity contribution < 1.29 is 10.2 Å². The van der Waals surface area contributed by atoms with Crippen molar-refractivity contribution in [2.24, 2.45) is 0 Å². The zero-order chi connectivity index (χ0) is 9.68.